The van der Waals surface area contributed by atoms with Crippen molar-refractivity contribution >= 4 is 12.2 Å². The minimum Gasteiger partial charge on any atom is -0.0990 e. The fraction of sp³-hybridized carbons (Fsp3) is 0.0811. The standard InChI is InChI=1S/C37H30/c1-4-12-28-18-19-29(24-27(28)5-2)30-20-22-34-33-21-17-26(3)23-35(33)37(36(34)25-30,31-13-8-6-9-14-31)32-15-10-7-11-16-32/h4-25H,1H2,2-3H3/b27-5-,28-12-. The Morgan fingerprint density at radius 3 is 1.78 bits per heavy atom. The Kier molecular flexibility index (Phi) is 5.74. The van der Waals surface area contributed by atoms with Crippen LogP contribution in [0.5, 0.6) is 0 Å². The number of hydrogen-bond acceptors (Lipinski definition) is 0. The molecule has 37 heavy (non-hydrogen) atoms. The summed E-state index contributed by atoms with van der Waals surface area (Å²) in [4.78, 5) is 0. The van der Waals surface area contributed by atoms with E-state index in [1.165, 1.54) is 60.5 Å². The second-order valence-electron chi connectivity index (χ2n) is 9.83. The smallest absolute Gasteiger partial charge is 0.0713 e. The Morgan fingerprint density at radius 2 is 1.16 bits per heavy atom. The van der Waals surface area contributed by atoms with Gasteiger partial charge in [-0.25, -0.2) is 0 Å². The molecule has 0 amide bonds. The van der Waals surface area contributed by atoms with Crippen LogP contribution in [0.2, 0.25) is 0 Å². The van der Waals surface area contributed by atoms with Crippen LogP contribution in [0.25, 0.3) is 34.4 Å². The second kappa shape index (κ2) is 9.22. The van der Waals surface area contributed by atoms with E-state index in [4.69, 9.17) is 0 Å². The molecule has 0 N–H and O–H groups in total. The molecule has 0 atom stereocenters. The summed E-state index contributed by atoms with van der Waals surface area (Å²) in [6.07, 6.45) is 6.09. The first-order chi connectivity index (χ1) is 18.2. The molecule has 0 aromatic heterocycles. The van der Waals surface area contributed by atoms with Gasteiger partial charge in [0.15, 0.2) is 0 Å². The van der Waals surface area contributed by atoms with Gasteiger partial charge in [0.05, 0.1) is 5.41 Å². The topological polar surface area (TPSA) is 0 Å². The maximum absolute atomic E-state index is 3.88. The molecule has 0 heteroatoms. The molecule has 0 saturated heterocycles. The minimum absolute atomic E-state index is 0.383. The van der Waals surface area contributed by atoms with Gasteiger partial charge in [-0.1, -0.05) is 133 Å². The summed E-state index contributed by atoms with van der Waals surface area (Å²) in [5.74, 6) is 0. The zero-order chi connectivity index (χ0) is 25.4. The van der Waals surface area contributed by atoms with Gasteiger partial charge in [0, 0.05) is 0 Å². The monoisotopic (exact) mass is 474 g/mol. The Morgan fingerprint density at radius 1 is 0.595 bits per heavy atom. The molecule has 0 nitrogen and oxygen atoms in total. The Labute approximate surface area is 219 Å². The molecule has 5 aromatic rings. The van der Waals surface area contributed by atoms with Crippen molar-refractivity contribution in [3.05, 3.63) is 166 Å². The lowest BCUT2D eigenvalue weighted by atomic mass is 9.67. The number of fused-ring (bicyclic) bond motifs is 3. The summed E-state index contributed by atoms with van der Waals surface area (Å²) in [5.41, 5.74) is 11.3. The van der Waals surface area contributed by atoms with E-state index in [1.54, 1.807) is 0 Å². The number of benzene rings is 5. The fourth-order valence-corrected chi connectivity index (χ4v) is 6.07. The summed E-state index contributed by atoms with van der Waals surface area (Å²) >= 11 is 0. The summed E-state index contributed by atoms with van der Waals surface area (Å²) in [6, 6.07) is 42.7. The third-order valence-electron chi connectivity index (χ3n) is 7.73. The van der Waals surface area contributed by atoms with Crippen LogP contribution in [0.15, 0.2) is 128 Å². The molecule has 0 saturated carbocycles. The van der Waals surface area contributed by atoms with Crippen molar-refractivity contribution < 1.29 is 0 Å². The van der Waals surface area contributed by atoms with Gasteiger partial charge in [0.1, 0.15) is 0 Å². The first-order valence-corrected chi connectivity index (χ1v) is 12.9. The number of hydrogen-bond donors (Lipinski definition) is 0. The van der Waals surface area contributed by atoms with Crippen LogP contribution in [0.1, 0.15) is 34.7 Å². The molecule has 5 aromatic carbocycles. The van der Waals surface area contributed by atoms with Crippen molar-refractivity contribution in [2.45, 2.75) is 19.3 Å². The highest BCUT2D eigenvalue weighted by Gasteiger charge is 2.46. The van der Waals surface area contributed by atoms with Crippen LogP contribution < -0.4 is 10.4 Å². The lowest BCUT2D eigenvalue weighted by molar-refractivity contribution is 0.768. The van der Waals surface area contributed by atoms with E-state index in [9.17, 15) is 0 Å². The van der Waals surface area contributed by atoms with E-state index in [2.05, 4.69) is 148 Å². The lowest BCUT2D eigenvalue weighted by Crippen LogP contribution is -2.28. The zero-order valence-corrected chi connectivity index (χ0v) is 21.4. The first kappa shape index (κ1) is 23.0. The Bertz CT molecular complexity index is 1700. The van der Waals surface area contributed by atoms with E-state index in [0.29, 0.717) is 0 Å². The molecule has 6 rings (SSSR count). The Balaban J connectivity index is 1.70. The predicted molar refractivity (Wildman–Crippen MR) is 158 cm³/mol. The van der Waals surface area contributed by atoms with Crippen molar-refractivity contribution in [3.63, 3.8) is 0 Å². The quantitative estimate of drug-likeness (QED) is 0.245. The van der Waals surface area contributed by atoms with Gasteiger partial charge in [0.2, 0.25) is 0 Å². The molecule has 1 aliphatic carbocycles. The highest BCUT2D eigenvalue weighted by atomic mass is 14.5. The zero-order valence-electron chi connectivity index (χ0n) is 21.4. The average Bonchev–Trinajstić information content (AvgIpc) is 3.24. The van der Waals surface area contributed by atoms with Gasteiger partial charge in [-0.05, 0) is 80.9 Å². The SMILES string of the molecule is C=C/C=c1/ccc(-c2ccc3c(c2)C(c2ccccc2)(c2ccccc2)c2cc(C)ccc2-3)c/c1=C/C. The van der Waals surface area contributed by atoms with Crippen molar-refractivity contribution in [1.82, 2.24) is 0 Å². The summed E-state index contributed by atoms with van der Waals surface area (Å²) < 4.78 is 0. The maximum atomic E-state index is 3.88. The van der Waals surface area contributed by atoms with E-state index in [-0.39, 0.29) is 5.41 Å². The van der Waals surface area contributed by atoms with Gasteiger partial charge in [-0.15, -0.1) is 0 Å². The van der Waals surface area contributed by atoms with Crippen LogP contribution in [0.4, 0.5) is 0 Å². The molecular weight excluding hydrogens is 444 g/mol. The first-order valence-electron chi connectivity index (χ1n) is 12.9. The molecule has 0 spiro atoms. The van der Waals surface area contributed by atoms with E-state index in [0.717, 1.165) is 0 Å². The van der Waals surface area contributed by atoms with E-state index < -0.39 is 0 Å². The van der Waals surface area contributed by atoms with Gasteiger partial charge in [-0.2, -0.15) is 0 Å². The third kappa shape index (κ3) is 3.60. The fourth-order valence-electron chi connectivity index (χ4n) is 6.07. The molecule has 0 fully saturated rings. The molecule has 178 valence electrons. The second-order valence-corrected chi connectivity index (χ2v) is 9.83. The normalized spacial score (nSPS) is 14.3. The molecule has 0 radical (unpaired) electrons. The van der Waals surface area contributed by atoms with Crippen LogP contribution >= 0.6 is 0 Å². The highest BCUT2D eigenvalue weighted by molar-refractivity contribution is 5.88. The predicted octanol–water partition coefficient (Wildman–Crippen LogP) is 7.79. The summed E-state index contributed by atoms with van der Waals surface area (Å²) in [5, 5.41) is 2.40. The number of aryl methyl sites for hydroxylation is 1. The lowest BCUT2D eigenvalue weighted by Gasteiger charge is -2.34. The third-order valence-corrected chi connectivity index (χ3v) is 7.73. The Hall–Kier alpha value is -4.42. The van der Waals surface area contributed by atoms with E-state index >= 15 is 0 Å². The number of allylic oxidation sites excluding steroid dienone is 1. The molecule has 0 aliphatic heterocycles. The van der Waals surface area contributed by atoms with Crippen LogP contribution in [-0.2, 0) is 5.41 Å². The van der Waals surface area contributed by atoms with Crippen LogP contribution in [0.3, 0.4) is 0 Å². The van der Waals surface area contributed by atoms with Crippen molar-refractivity contribution in [2.75, 3.05) is 0 Å². The molecule has 1 aliphatic rings. The van der Waals surface area contributed by atoms with Gasteiger partial charge in [-0.3, -0.25) is 0 Å². The summed E-state index contributed by atoms with van der Waals surface area (Å²) in [7, 11) is 0. The largest absolute Gasteiger partial charge is 0.0990 e. The van der Waals surface area contributed by atoms with Crippen LogP contribution in [0, 0.1) is 6.92 Å². The van der Waals surface area contributed by atoms with Gasteiger partial charge in [0.25, 0.3) is 0 Å². The van der Waals surface area contributed by atoms with Crippen molar-refractivity contribution in [1.29, 1.82) is 0 Å². The molecular formula is C37H30. The average molecular weight is 475 g/mol. The van der Waals surface area contributed by atoms with Crippen molar-refractivity contribution in [3.8, 4) is 22.3 Å². The summed E-state index contributed by atoms with van der Waals surface area (Å²) in [6.45, 7) is 8.17. The molecule has 0 bridgehead atoms. The highest BCUT2D eigenvalue weighted by Crippen LogP contribution is 2.56. The maximum Gasteiger partial charge on any atom is 0.0713 e. The van der Waals surface area contributed by atoms with Gasteiger partial charge < -0.3 is 0 Å². The van der Waals surface area contributed by atoms with Gasteiger partial charge >= 0.3 is 0 Å². The number of rotatable bonds is 4. The minimum atomic E-state index is -0.383. The van der Waals surface area contributed by atoms with E-state index in [1.807, 2.05) is 6.08 Å². The van der Waals surface area contributed by atoms with Crippen LogP contribution in [-0.4, -0.2) is 0 Å². The molecule has 0 heterocycles. The van der Waals surface area contributed by atoms with Crippen molar-refractivity contribution in [2.24, 2.45) is 0 Å². The molecule has 0 unspecified atom stereocenters.